The lowest BCUT2D eigenvalue weighted by molar-refractivity contribution is -0.139. The van der Waals surface area contributed by atoms with Crippen LogP contribution in [0.15, 0.2) is 56.8 Å². The summed E-state index contributed by atoms with van der Waals surface area (Å²) < 4.78 is 18.1. The van der Waals surface area contributed by atoms with Gasteiger partial charge in [0.1, 0.15) is 17.5 Å². The molecule has 2 aromatic heterocycles. The Labute approximate surface area is 192 Å². The van der Waals surface area contributed by atoms with E-state index >= 15 is 0 Å². The Kier molecular flexibility index (Phi) is 6.29. The number of aromatic nitrogens is 1. The molecule has 1 aliphatic heterocycles. The average molecular weight is 471 g/mol. The van der Waals surface area contributed by atoms with Crippen molar-refractivity contribution in [3.63, 3.8) is 0 Å². The van der Waals surface area contributed by atoms with E-state index in [2.05, 4.69) is 4.99 Å². The van der Waals surface area contributed by atoms with E-state index in [1.54, 1.807) is 50.8 Å². The molecule has 0 saturated carbocycles. The van der Waals surface area contributed by atoms with Gasteiger partial charge in [0.15, 0.2) is 4.80 Å². The van der Waals surface area contributed by atoms with Gasteiger partial charge in [-0.1, -0.05) is 17.4 Å². The SMILES string of the molecule is CCOC(=O)C1=C(C)N=c2s/c(=C/c3cc(OC)ccc3OC)c(=O)n2[C@@H]1c1cccs1. The van der Waals surface area contributed by atoms with Crippen molar-refractivity contribution in [3.05, 3.63) is 77.1 Å². The Bertz CT molecular complexity index is 1370. The summed E-state index contributed by atoms with van der Waals surface area (Å²) in [5.74, 6) is 0.812. The minimum atomic E-state index is -0.584. The molecule has 9 heteroatoms. The van der Waals surface area contributed by atoms with Crippen LogP contribution in [0.5, 0.6) is 11.5 Å². The van der Waals surface area contributed by atoms with Gasteiger partial charge in [-0.2, -0.15) is 0 Å². The van der Waals surface area contributed by atoms with Crippen molar-refractivity contribution in [2.75, 3.05) is 20.8 Å². The summed E-state index contributed by atoms with van der Waals surface area (Å²) in [5.41, 5.74) is 1.42. The summed E-state index contributed by atoms with van der Waals surface area (Å²) in [6.07, 6.45) is 1.76. The van der Waals surface area contributed by atoms with E-state index in [-0.39, 0.29) is 12.2 Å². The standard InChI is InChI=1S/C23H22N2O5S2/c1-5-30-22(27)19-13(2)24-23-25(20(19)17-7-6-10-31-17)21(26)18(32-23)12-14-11-15(28-3)8-9-16(14)29-4/h6-12,20H,5H2,1-4H3/b18-12+/t20-/m1/s1. The first-order valence-electron chi connectivity index (χ1n) is 9.93. The number of hydrogen-bond acceptors (Lipinski definition) is 8. The molecule has 1 aliphatic rings. The molecule has 32 heavy (non-hydrogen) atoms. The minimum Gasteiger partial charge on any atom is -0.497 e. The number of ether oxygens (including phenoxy) is 3. The van der Waals surface area contributed by atoms with Crippen LogP contribution in [0.3, 0.4) is 0 Å². The maximum Gasteiger partial charge on any atom is 0.338 e. The summed E-state index contributed by atoms with van der Waals surface area (Å²) in [6, 6.07) is 8.62. The molecular weight excluding hydrogens is 448 g/mol. The molecule has 0 spiro atoms. The van der Waals surface area contributed by atoms with Gasteiger partial charge in [0.05, 0.1) is 36.6 Å². The highest BCUT2D eigenvalue weighted by Gasteiger charge is 2.33. The van der Waals surface area contributed by atoms with Crippen molar-refractivity contribution < 1.29 is 19.0 Å². The van der Waals surface area contributed by atoms with Crippen LogP contribution in [0.2, 0.25) is 0 Å². The van der Waals surface area contributed by atoms with Gasteiger partial charge in [-0.25, -0.2) is 9.79 Å². The molecule has 7 nitrogen and oxygen atoms in total. The molecule has 0 amide bonds. The fourth-order valence-electron chi connectivity index (χ4n) is 3.60. The van der Waals surface area contributed by atoms with Crippen LogP contribution in [0.25, 0.3) is 6.08 Å². The number of esters is 1. The molecule has 0 N–H and O–H groups in total. The third-order valence-electron chi connectivity index (χ3n) is 5.05. The van der Waals surface area contributed by atoms with Crippen molar-refractivity contribution in [2.24, 2.45) is 4.99 Å². The molecule has 3 aromatic rings. The van der Waals surface area contributed by atoms with E-state index in [4.69, 9.17) is 14.2 Å². The average Bonchev–Trinajstić information content (AvgIpc) is 3.41. The highest BCUT2D eigenvalue weighted by Crippen LogP contribution is 2.33. The van der Waals surface area contributed by atoms with Crippen LogP contribution >= 0.6 is 22.7 Å². The highest BCUT2D eigenvalue weighted by atomic mass is 32.1. The number of rotatable bonds is 6. The molecule has 0 saturated heterocycles. The molecule has 166 valence electrons. The van der Waals surface area contributed by atoms with Crippen LogP contribution < -0.4 is 24.4 Å². The lowest BCUT2D eigenvalue weighted by atomic mass is 10.0. The van der Waals surface area contributed by atoms with Gasteiger partial charge in [0, 0.05) is 10.4 Å². The molecule has 0 bridgehead atoms. The summed E-state index contributed by atoms with van der Waals surface area (Å²) in [5, 5.41) is 1.92. The number of nitrogens with zero attached hydrogens (tertiary/aromatic N) is 2. The van der Waals surface area contributed by atoms with Gasteiger partial charge in [-0.05, 0) is 49.6 Å². The normalized spacial score (nSPS) is 15.9. The maximum atomic E-state index is 13.6. The van der Waals surface area contributed by atoms with Crippen LogP contribution in [-0.4, -0.2) is 31.4 Å². The zero-order valence-electron chi connectivity index (χ0n) is 18.1. The van der Waals surface area contributed by atoms with Crippen LogP contribution in [-0.2, 0) is 9.53 Å². The van der Waals surface area contributed by atoms with Crippen molar-refractivity contribution >= 4 is 34.7 Å². The number of fused-ring (bicyclic) bond motifs is 1. The first kappa shape index (κ1) is 22.0. The smallest absolute Gasteiger partial charge is 0.338 e. The Morgan fingerprint density at radius 2 is 2.06 bits per heavy atom. The van der Waals surface area contributed by atoms with Crippen LogP contribution in [0.1, 0.15) is 30.3 Å². The van der Waals surface area contributed by atoms with Crippen molar-refractivity contribution in [3.8, 4) is 11.5 Å². The second-order valence-electron chi connectivity index (χ2n) is 6.93. The fraction of sp³-hybridized carbons (Fsp3) is 0.261. The summed E-state index contributed by atoms with van der Waals surface area (Å²) in [4.78, 5) is 32.3. The van der Waals surface area contributed by atoms with Gasteiger partial charge in [-0.3, -0.25) is 9.36 Å². The van der Waals surface area contributed by atoms with E-state index in [0.717, 1.165) is 4.88 Å². The Balaban J connectivity index is 1.95. The van der Waals surface area contributed by atoms with Crippen molar-refractivity contribution in [1.29, 1.82) is 0 Å². The lowest BCUT2D eigenvalue weighted by Crippen LogP contribution is -2.39. The first-order chi connectivity index (χ1) is 15.5. The first-order valence-corrected chi connectivity index (χ1v) is 11.6. The molecule has 0 unspecified atom stereocenters. The lowest BCUT2D eigenvalue weighted by Gasteiger charge is -2.23. The Morgan fingerprint density at radius 1 is 1.25 bits per heavy atom. The zero-order chi connectivity index (χ0) is 22.8. The summed E-state index contributed by atoms with van der Waals surface area (Å²) in [6.45, 7) is 3.77. The minimum absolute atomic E-state index is 0.230. The van der Waals surface area contributed by atoms with Gasteiger partial charge in [0.2, 0.25) is 0 Å². The van der Waals surface area contributed by atoms with Gasteiger partial charge in [-0.15, -0.1) is 11.3 Å². The summed E-state index contributed by atoms with van der Waals surface area (Å²) in [7, 11) is 3.16. The number of hydrogen-bond donors (Lipinski definition) is 0. The molecule has 1 atom stereocenters. The predicted molar refractivity (Wildman–Crippen MR) is 124 cm³/mol. The second kappa shape index (κ2) is 9.13. The topological polar surface area (TPSA) is 79.1 Å². The molecule has 3 heterocycles. The second-order valence-corrected chi connectivity index (χ2v) is 8.91. The zero-order valence-corrected chi connectivity index (χ0v) is 19.7. The Hall–Kier alpha value is -3.17. The third kappa shape index (κ3) is 3.89. The number of thiazole rings is 1. The highest BCUT2D eigenvalue weighted by molar-refractivity contribution is 7.10. The fourth-order valence-corrected chi connectivity index (χ4v) is 5.46. The number of allylic oxidation sites excluding steroid dienone is 1. The number of carbonyl (C=O) groups is 1. The molecule has 0 fully saturated rings. The number of thiophene rings is 1. The van der Waals surface area contributed by atoms with E-state index in [9.17, 15) is 9.59 Å². The molecular formula is C23H22N2O5S2. The number of benzene rings is 1. The van der Waals surface area contributed by atoms with E-state index in [0.29, 0.717) is 37.7 Å². The summed E-state index contributed by atoms with van der Waals surface area (Å²) >= 11 is 2.75. The van der Waals surface area contributed by atoms with Crippen LogP contribution in [0, 0.1) is 0 Å². The monoisotopic (exact) mass is 470 g/mol. The van der Waals surface area contributed by atoms with Gasteiger partial charge in [0.25, 0.3) is 5.56 Å². The van der Waals surface area contributed by atoms with E-state index in [1.807, 2.05) is 23.6 Å². The van der Waals surface area contributed by atoms with Crippen LogP contribution in [0.4, 0.5) is 0 Å². The maximum absolute atomic E-state index is 13.6. The quantitative estimate of drug-likeness (QED) is 0.518. The van der Waals surface area contributed by atoms with Crippen molar-refractivity contribution in [1.82, 2.24) is 4.57 Å². The number of methoxy groups -OCH3 is 2. The van der Waals surface area contributed by atoms with Gasteiger partial charge >= 0.3 is 5.97 Å². The predicted octanol–water partition coefficient (Wildman–Crippen LogP) is 2.88. The largest absolute Gasteiger partial charge is 0.497 e. The van der Waals surface area contributed by atoms with E-state index in [1.165, 1.54) is 22.7 Å². The van der Waals surface area contributed by atoms with Gasteiger partial charge < -0.3 is 14.2 Å². The molecule has 0 aliphatic carbocycles. The molecule has 4 rings (SSSR count). The number of carbonyl (C=O) groups excluding carboxylic acids is 1. The van der Waals surface area contributed by atoms with Crippen molar-refractivity contribution in [2.45, 2.75) is 19.9 Å². The van der Waals surface area contributed by atoms with E-state index < -0.39 is 12.0 Å². The third-order valence-corrected chi connectivity index (χ3v) is 6.96. The Morgan fingerprint density at radius 3 is 2.72 bits per heavy atom. The molecule has 0 radical (unpaired) electrons. The molecule has 1 aromatic carbocycles.